The number of nitrogens with zero attached hydrogens (tertiary/aromatic N) is 1. The number of hydrogen-bond donors (Lipinski definition) is 3. The fourth-order valence-corrected chi connectivity index (χ4v) is 2.32. The predicted molar refractivity (Wildman–Crippen MR) is 96.9 cm³/mol. The van der Waals surface area contributed by atoms with Gasteiger partial charge < -0.3 is 21.3 Å². The van der Waals surface area contributed by atoms with Crippen LogP contribution in [0.5, 0.6) is 0 Å². The van der Waals surface area contributed by atoms with Crippen LogP contribution in [0.4, 0.5) is 0 Å². The van der Waals surface area contributed by atoms with E-state index in [4.69, 9.17) is 5.73 Å². The third kappa shape index (κ3) is 7.76. The Balaban J connectivity index is 0.00000529. The van der Waals surface area contributed by atoms with Crippen LogP contribution in [0.1, 0.15) is 18.7 Å². The zero-order chi connectivity index (χ0) is 17.4. The molecule has 0 spiro atoms. The number of carbonyl (C=O) groups is 3. The summed E-state index contributed by atoms with van der Waals surface area (Å²) in [6.45, 7) is 3.87. The van der Waals surface area contributed by atoms with Gasteiger partial charge in [0.25, 0.3) is 0 Å². The molecule has 0 aliphatic heterocycles. The fraction of sp³-hybridized carbons (Fsp3) is 0.533. The lowest BCUT2D eigenvalue weighted by Gasteiger charge is -2.19. The van der Waals surface area contributed by atoms with Crippen molar-refractivity contribution in [3.8, 4) is 0 Å². The zero-order valence-electron chi connectivity index (χ0n) is 14.1. The van der Waals surface area contributed by atoms with Gasteiger partial charge in [-0.05, 0) is 17.4 Å². The molecule has 0 radical (unpaired) electrons. The summed E-state index contributed by atoms with van der Waals surface area (Å²) in [5.74, 6) is -0.977. The lowest BCUT2D eigenvalue weighted by molar-refractivity contribution is -0.135. The average molecular weight is 377 g/mol. The van der Waals surface area contributed by atoms with Crippen molar-refractivity contribution in [3.05, 3.63) is 22.4 Å². The van der Waals surface area contributed by atoms with Crippen LogP contribution < -0.4 is 16.4 Å². The van der Waals surface area contributed by atoms with E-state index < -0.39 is 6.04 Å². The molecule has 4 N–H and O–H groups in total. The van der Waals surface area contributed by atoms with Crippen molar-refractivity contribution < 1.29 is 14.4 Å². The molecule has 1 aromatic heterocycles. The van der Waals surface area contributed by atoms with Crippen molar-refractivity contribution in [1.82, 2.24) is 15.5 Å². The molecular weight excluding hydrogens is 352 g/mol. The Morgan fingerprint density at radius 3 is 2.50 bits per heavy atom. The van der Waals surface area contributed by atoms with E-state index in [0.717, 1.165) is 4.88 Å². The minimum absolute atomic E-state index is 0. The van der Waals surface area contributed by atoms with Crippen LogP contribution in [0.3, 0.4) is 0 Å². The maximum Gasteiger partial charge on any atom is 0.242 e. The van der Waals surface area contributed by atoms with Gasteiger partial charge in [0.2, 0.25) is 17.7 Å². The van der Waals surface area contributed by atoms with E-state index in [0.29, 0.717) is 6.54 Å². The summed E-state index contributed by atoms with van der Waals surface area (Å²) in [6.07, 6.45) is 0. The quantitative estimate of drug-likeness (QED) is 0.608. The minimum atomic E-state index is -0.651. The van der Waals surface area contributed by atoms with Crippen LogP contribution in [0.15, 0.2) is 17.5 Å². The molecule has 1 rings (SSSR count). The van der Waals surface area contributed by atoms with E-state index in [2.05, 4.69) is 10.6 Å². The topological polar surface area (TPSA) is 105 Å². The third-order valence-corrected chi connectivity index (χ3v) is 4.16. The smallest absolute Gasteiger partial charge is 0.242 e. The van der Waals surface area contributed by atoms with E-state index >= 15 is 0 Å². The first-order chi connectivity index (χ1) is 10.8. The van der Waals surface area contributed by atoms with Gasteiger partial charge in [-0.1, -0.05) is 19.9 Å². The standard InChI is InChI=1S/C15H24N4O3S.ClH/c1-10(2)14(16)15(22)18-8-13(21)19(3)9-12(20)17-7-11-5-4-6-23-11;/h4-6,10,14H,7-9,16H2,1-3H3,(H,17,20)(H,18,22);1H/t14-;/m0./s1. The second-order valence-electron chi connectivity index (χ2n) is 5.59. The maximum absolute atomic E-state index is 11.9. The van der Waals surface area contributed by atoms with Crippen molar-refractivity contribution in [3.63, 3.8) is 0 Å². The lowest BCUT2D eigenvalue weighted by Crippen LogP contribution is -2.48. The second-order valence-corrected chi connectivity index (χ2v) is 6.63. The van der Waals surface area contributed by atoms with E-state index in [-0.39, 0.29) is 49.1 Å². The normalized spacial score (nSPS) is 11.4. The molecule has 0 saturated heterocycles. The highest BCUT2D eigenvalue weighted by molar-refractivity contribution is 7.09. The number of amides is 3. The molecule has 24 heavy (non-hydrogen) atoms. The van der Waals surface area contributed by atoms with Gasteiger partial charge in [-0.2, -0.15) is 0 Å². The van der Waals surface area contributed by atoms with Crippen LogP contribution in [0.2, 0.25) is 0 Å². The van der Waals surface area contributed by atoms with Crippen molar-refractivity contribution >= 4 is 41.5 Å². The van der Waals surface area contributed by atoms with E-state index in [1.807, 2.05) is 31.4 Å². The zero-order valence-corrected chi connectivity index (χ0v) is 15.7. The van der Waals surface area contributed by atoms with Crippen LogP contribution >= 0.6 is 23.7 Å². The Hall–Kier alpha value is -1.64. The number of nitrogens with one attached hydrogen (secondary N) is 2. The molecule has 7 nitrogen and oxygen atoms in total. The molecule has 0 bridgehead atoms. The number of rotatable bonds is 8. The molecule has 0 fully saturated rings. The van der Waals surface area contributed by atoms with Crippen LogP contribution in [-0.4, -0.2) is 48.8 Å². The molecule has 0 aliphatic carbocycles. The Morgan fingerprint density at radius 2 is 1.96 bits per heavy atom. The largest absolute Gasteiger partial charge is 0.350 e. The molecule has 9 heteroatoms. The SMILES string of the molecule is CC(C)[C@H](N)C(=O)NCC(=O)N(C)CC(=O)NCc1cccs1.Cl. The van der Waals surface area contributed by atoms with Crippen molar-refractivity contribution in [2.45, 2.75) is 26.4 Å². The van der Waals surface area contributed by atoms with Gasteiger partial charge in [0.05, 0.1) is 25.7 Å². The summed E-state index contributed by atoms with van der Waals surface area (Å²) >= 11 is 1.55. The summed E-state index contributed by atoms with van der Waals surface area (Å²) in [5, 5.41) is 7.16. The Bertz CT molecular complexity index is 537. The van der Waals surface area contributed by atoms with Gasteiger partial charge in [-0.3, -0.25) is 14.4 Å². The molecule has 0 aliphatic rings. The molecule has 1 aromatic rings. The minimum Gasteiger partial charge on any atom is -0.350 e. The van der Waals surface area contributed by atoms with Gasteiger partial charge in [-0.25, -0.2) is 0 Å². The number of hydrogen-bond acceptors (Lipinski definition) is 5. The van der Waals surface area contributed by atoms with Crippen LogP contribution in [-0.2, 0) is 20.9 Å². The molecule has 1 heterocycles. The highest BCUT2D eigenvalue weighted by atomic mass is 35.5. The third-order valence-electron chi connectivity index (χ3n) is 3.28. The number of likely N-dealkylation sites (N-methyl/N-ethyl adjacent to an activating group) is 1. The van der Waals surface area contributed by atoms with Crippen LogP contribution in [0.25, 0.3) is 0 Å². The summed E-state index contributed by atoms with van der Waals surface area (Å²) < 4.78 is 0. The van der Waals surface area contributed by atoms with E-state index in [9.17, 15) is 14.4 Å². The fourth-order valence-electron chi connectivity index (χ4n) is 1.68. The first kappa shape index (κ1) is 22.4. The highest BCUT2D eigenvalue weighted by Gasteiger charge is 2.19. The molecule has 136 valence electrons. The first-order valence-electron chi connectivity index (χ1n) is 7.37. The molecule has 0 saturated carbocycles. The van der Waals surface area contributed by atoms with Gasteiger partial charge in [0.15, 0.2) is 0 Å². The second kappa shape index (κ2) is 11.0. The molecule has 0 unspecified atom stereocenters. The number of nitrogens with two attached hydrogens (primary N) is 1. The van der Waals surface area contributed by atoms with Crippen molar-refractivity contribution in [2.75, 3.05) is 20.1 Å². The maximum atomic E-state index is 11.9. The molecule has 1 atom stereocenters. The lowest BCUT2D eigenvalue weighted by atomic mass is 10.1. The van der Waals surface area contributed by atoms with E-state index in [1.165, 1.54) is 11.9 Å². The molecule has 3 amide bonds. The Labute approximate surface area is 152 Å². The average Bonchev–Trinajstić information content (AvgIpc) is 3.02. The van der Waals surface area contributed by atoms with Gasteiger partial charge in [0, 0.05) is 11.9 Å². The molecule has 0 aromatic carbocycles. The Kier molecular flexibility index (Phi) is 10.3. The highest BCUT2D eigenvalue weighted by Crippen LogP contribution is 2.07. The molecular formula is C15H25ClN4O3S. The summed E-state index contributed by atoms with van der Waals surface area (Å²) in [5.41, 5.74) is 5.69. The van der Waals surface area contributed by atoms with E-state index in [1.54, 1.807) is 11.3 Å². The number of carbonyl (C=O) groups excluding carboxylic acids is 3. The van der Waals surface area contributed by atoms with Crippen molar-refractivity contribution in [1.29, 1.82) is 0 Å². The van der Waals surface area contributed by atoms with Crippen LogP contribution in [0, 0.1) is 5.92 Å². The van der Waals surface area contributed by atoms with Gasteiger partial charge >= 0.3 is 0 Å². The predicted octanol–water partition coefficient (Wildman–Crippen LogP) is 0.344. The Morgan fingerprint density at radius 1 is 1.29 bits per heavy atom. The monoisotopic (exact) mass is 376 g/mol. The summed E-state index contributed by atoms with van der Waals surface area (Å²) in [7, 11) is 1.52. The summed E-state index contributed by atoms with van der Waals surface area (Å²) in [4.78, 5) is 37.7. The summed E-state index contributed by atoms with van der Waals surface area (Å²) in [6, 6.07) is 3.18. The van der Waals surface area contributed by atoms with Gasteiger partial charge in [0.1, 0.15) is 0 Å². The number of thiophene rings is 1. The number of halogens is 1. The van der Waals surface area contributed by atoms with Crippen molar-refractivity contribution in [2.24, 2.45) is 11.7 Å². The first-order valence-corrected chi connectivity index (χ1v) is 8.25. The van der Waals surface area contributed by atoms with Gasteiger partial charge in [-0.15, -0.1) is 23.7 Å².